The van der Waals surface area contributed by atoms with Gasteiger partial charge in [0.1, 0.15) is 0 Å². The van der Waals surface area contributed by atoms with Gasteiger partial charge >= 0.3 is 0 Å². The molecule has 0 amide bonds. The fraction of sp³-hybridized carbons (Fsp3) is 0.571. The molecule has 1 nitrogen and oxygen atoms in total. The Morgan fingerprint density at radius 1 is 0.621 bits per heavy atom. The molecule has 2 aromatic rings. The zero-order valence-electron chi connectivity index (χ0n) is 19.2. The van der Waals surface area contributed by atoms with Crippen LogP contribution in [0.2, 0.25) is 0 Å². The van der Waals surface area contributed by atoms with Gasteiger partial charge in [0.25, 0.3) is 0 Å². The van der Waals surface area contributed by atoms with Crippen LogP contribution in [0.15, 0.2) is 60.7 Å². The van der Waals surface area contributed by atoms with Crippen LogP contribution >= 0.6 is 0 Å². The zero-order valence-corrected chi connectivity index (χ0v) is 19.2. The summed E-state index contributed by atoms with van der Waals surface area (Å²) in [6, 6.07) is 21.9. The van der Waals surface area contributed by atoms with Crippen molar-refractivity contribution in [3.8, 4) is 0 Å². The van der Waals surface area contributed by atoms with Crippen LogP contribution < -0.4 is 0 Å². The van der Waals surface area contributed by atoms with Crippen molar-refractivity contribution in [3.63, 3.8) is 0 Å². The summed E-state index contributed by atoms with van der Waals surface area (Å²) >= 11 is 0. The van der Waals surface area contributed by atoms with Crippen LogP contribution in [0.4, 0.5) is 0 Å². The molecule has 0 radical (unpaired) electrons. The maximum atomic E-state index is 2.67. The molecular formula is C28H43N. The van der Waals surface area contributed by atoms with E-state index >= 15 is 0 Å². The molecule has 29 heavy (non-hydrogen) atoms. The van der Waals surface area contributed by atoms with Gasteiger partial charge < -0.3 is 0 Å². The molecule has 0 heterocycles. The summed E-state index contributed by atoms with van der Waals surface area (Å²) in [5, 5.41) is 0. The van der Waals surface area contributed by atoms with Gasteiger partial charge in [0.2, 0.25) is 0 Å². The van der Waals surface area contributed by atoms with Crippen molar-refractivity contribution < 1.29 is 0 Å². The molecule has 0 aliphatic carbocycles. The average molecular weight is 394 g/mol. The monoisotopic (exact) mass is 393 g/mol. The number of unbranched alkanes of at least 4 members (excludes halogenated alkanes) is 9. The lowest BCUT2D eigenvalue weighted by Crippen LogP contribution is -2.41. The molecule has 0 saturated heterocycles. The summed E-state index contributed by atoms with van der Waals surface area (Å²) < 4.78 is 0. The minimum Gasteiger partial charge on any atom is -0.290 e. The first-order valence-corrected chi connectivity index (χ1v) is 12.0. The summed E-state index contributed by atoms with van der Waals surface area (Å²) in [6.45, 7) is 9.22. The molecule has 0 fully saturated rings. The van der Waals surface area contributed by atoms with Crippen molar-refractivity contribution in [2.45, 2.75) is 97.1 Å². The van der Waals surface area contributed by atoms with E-state index in [0.717, 1.165) is 13.1 Å². The maximum Gasteiger partial charge on any atom is 0.0407 e. The van der Waals surface area contributed by atoms with Crippen LogP contribution in [0.1, 0.15) is 96.1 Å². The largest absolute Gasteiger partial charge is 0.290 e. The Kier molecular flexibility index (Phi) is 11.1. The van der Waals surface area contributed by atoms with Gasteiger partial charge in [-0.1, -0.05) is 125 Å². The third-order valence-electron chi connectivity index (χ3n) is 6.27. The zero-order chi connectivity index (χ0) is 20.8. The van der Waals surface area contributed by atoms with E-state index in [9.17, 15) is 0 Å². The highest BCUT2D eigenvalue weighted by Crippen LogP contribution is 2.29. The van der Waals surface area contributed by atoms with Gasteiger partial charge in [-0.15, -0.1) is 0 Å². The second-order valence-electron chi connectivity index (χ2n) is 9.01. The summed E-state index contributed by atoms with van der Waals surface area (Å²) in [7, 11) is 0. The molecule has 0 unspecified atom stereocenters. The molecule has 0 atom stereocenters. The van der Waals surface area contributed by atoms with Gasteiger partial charge in [0, 0.05) is 12.1 Å². The standard InChI is InChI=1S/C28H43N/c1-4-5-6-7-8-9-10-11-12-19-24-29(25-26-20-15-13-16-21-26)28(2,3)27-22-17-14-18-23-27/h13-18,20-23H,4-12,19,24-25H2,1-3H3. The second-order valence-corrected chi connectivity index (χ2v) is 9.01. The summed E-state index contributed by atoms with van der Waals surface area (Å²) in [6.07, 6.45) is 13.9. The molecule has 2 rings (SSSR count). The van der Waals surface area contributed by atoms with E-state index in [1.165, 1.54) is 75.3 Å². The van der Waals surface area contributed by atoms with Crippen LogP contribution in [0.5, 0.6) is 0 Å². The van der Waals surface area contributed by atoms with E-state index in [2.05, 4.69) is 86.3 Å². The molecule has 0 aliphatic rings. The lowest BCUT2D eigenvalue weighted by molar-refractivity contribution is 0.107. The van der Waals surface area contributed by atoms with Gasteiger partial charge in [0.05, 0.1) is 0 Å². The molecule has 2 aromatic carbocycles. The molecule has 0 bridgehead atoms. The molecule has 0 N–H and O–H groups in total. The van der Waals surface area contributed by atoms with Crippen LogP contribution in [-0.4, -0.2) is 11.4 Å². The number of hydrogen-bond donors (Lipinski definition) is 0. The minimum atomic E-state index is 0.0381. The van der Waals surface area contributed by atoms with Crippen LogP contribution in [0.25, 0.3) is 0 Å². The van der Waals surface area contributed by atoms with Gasteiger partial charge in [0.15, 0.2) is 0 Å². The first-order valence-electron chi connectivity index (χ1n) is 12.0. The lowest BCUT2D eigenvalue weighted by Gasteiger charge is -2.39. The first-order chi connectivity index (χ1) is 14.1. The third kappa shape index (κ3) is 8.74. The number of benzene rings is 2. The van der Waals surface area contributed by atoms with E-state index < -0.39 is 0 Å². The van der Waals surface area contributed by atoms with Crippen LogP contribution in [-0.2, 0) is 12.1 Å². The van der Waals surface area contributed by atoms with Crippen LogP contribution in [0.3, 0.4) is 0 Å². The Morgan fingerprint density at radius 2 is 1.10 bits per heavy atom. The molecule has 0 saturated carbocycles. The first kappa shape index (κ1) is 23.7. The smallest absolute Gasteiger partial charge is 0.0407 e. The fourth-order valence-corrected chi connectivity index (χ4v) is 4.18. The summed E-state index contributed by atoms with van der Waals surface area (Å²) in [5.41, 5.74) is 2.85. The Balaban J connectivity index is 1.82. The second kappa shape index (κ2) is 13.6. The van der Waals surface area contributed by atoms with Gasteiger partial charge in [-0.2, -0.15) is 0 Å². The summed E-state index contributed by atoms with van der Waals surface area (Å²) in [5.74, 6) is 0. The summed E-state index contributed by atoms with van der Waals surface area (Å²) in [4.78, 5) is 2.67. The fourth-order valence-electron chi connectivity index (χ4n) is 4.18. The Labute approximate surface area is 180 Å². The highest BCUT2D eigenvalue weighted by molar-refractivity contribution is 5.24. The van der Waals surface area contributed by atoms with E-state index in [-0.39, 0.29) is 5.54 Å². The van der Waals surface area contributed by atoms with Gasteiger partial charge in [-0.05, 0) is 37.9 Å². The van der Waals surface area contributed by atoms with E-state index in [1.807, 2.05) is 0 Å². The molecule has 0 spiro atoms. The van der Waals surface area contributed by atoms with Gasteiger partial charge in [-0.3, -0.25) is 4.90 Å². The van der Waals surface area contributed by atoms with Crippen molar-refractivity contribution in [1.29, 1.82) is 0 Å². The third-order valence-corrected chi connectivity index (χ3v) is 6.27. The van der Waals surface area contributed by atoms with Gasteiger partial charge in [-0.25, -0.2) is 0 Å². The van der Waals surface area contributed by atoms with Crippen molar-refractivity contribution in [2.75, 3.05) is 6.54 Å². The Hall–Kier alpha value is -1.60. The van der Waals surface area contributed by atoms with Crippen molar-refractivity contribution in [3.05, 3.63) is 71.8 Å². The number of hydrogen-bond acceptors (Lipinski definition) is 1. The van der Waals surface area contributed by atoms with Crippen molar-refractivity contribution in [1.82, 2.24) is 4.90 Å². The van der Waals surface area contributed by atoms with Crippen LogP contribution in [0, 0.1) is 0 Å². The SMILES string of the molecule is CCCCCCCCCCCCN(Cc1ccccc1)C(C)(C)c1ccccc1. The molecular weight excluding hydrogens is 350 g/mol. The minimum absolute atomic E-state index is 0.0381. The van der Waals surface area contributed by atoms with E-state index in [1.54, 1.807) is 0 Å². The highest BCUT2D eigenvalue weighted by Gasteiger charge is 2.28. The van der Waals surface area contributed by atoms with Crippen molar-refractivity contribution in [2.24, 2.45) is 0 Å². The molecule has 0 aliphatic heterocycles. The molecule has 0 aromatic heterocycles. The van der Waals surface area contributed by atoms with E-state index in [0.29, 0.717) is 0 Å². The predicted octanol–water partition coefficient (Wildman–Crippen LogP) is 8.34. The quantitative estimate of drug-likeness (QED) is 0.275. The normalized spacial score (nSPS) is 11.9. The Bertz CT molecular complexity index is 632. The topological polar surface area (TPSA) is 3.24 Å². The average Bonchev–Trinajstić information content (AvgIpc) is 2.75. The number of nitrogens with zero attached hydrogens (tertiary/aromatic N) is 1. The lowest BCUT2D eigenvalue weighted by atomic mass is 9.91. The Morgan fingerprint density at radius 3 is 1.66 bits per heavy atom. The van der Waals surface area contributed by atoms with E-state index in [4.69, 9.17) is 0 Å². The number of rotatable bonds is 15. The molecule has 160 valence electrons. The highest BCUT2D eigenvalue weighted by atomic mass is 15.2. The predicted molar refractivity (Wildman–Crippen MR) is 128 cm³/mol. The maximum absolute atomic E-state index is 2.67. The van der Waals surface area contributed by atoms with Crippen molar-refractivity contribution >= 4 is 0 Å². The molecule has 1 heteroatoms.